The molecule has 0 bridgehead atoms. The van der Waals surface area contributed by atoms with Crippen molar-refractivity contribution in [1.82, 2.24) is 5.32 Å². The van der Waals surface area contributed by atoms with E-state index in [1.54, 1.807) is 0 Å². The molecule has 116 valence electrons. The highest BCUT2D eigenvalue weighted by Gasteiger charge is 2.19. The number of hydrogen-bond acceptors (Lipinski definition) is 4. The molecular formula is C15H22FN3O2. The van der Waals surface area contributed by atoms with Crippen molar-refractivity contribution >= 4 is 11.4 Å². The molecule has 1 fully saturated rings. The molecule has 0 radical (unpaired) electrons. The standard InChI is InChI=1S/C15H22FN3O2/c1-2-7-18(11-13-5-3-4-6-17-13)14-8-12(16)9-15(10-14)19(20)21/h8-10,13,17H,2-7,11H2,1H3. The summed E-state index contributed by atoms with van der Waals surface area (Å²) in [6, 6.07) is 4.17. The first-order valence-electron chi connectivity index (χ1n) is 7.53. The maximum Gasteiger partial charge on any atom is 0.274 e. The number of benzene rings is 1. The van der Waals surface area contributed by atoms with Crippen molar-refractivity contribution in [2.75, 3.05) is 24.5 Å². The Hall–Kier alpha value is -1.69. The van der Waals surface area contributed by atoms with E-state index in [-0.39, 0.29) is 5.69 Å². The Kier molecular flexibility index (Phi) is 5.50. The van der Waals surface area contributed by atoms with Gasteiger partial charge in [0.2, 0.25) is 0 Å². The van der Waals surface area contributed by atoms with Crippen molar-refractivity contribution in [2.45, 2.75) is 38.6 Å². The van der Waals surface area contributed by atoms with Crippen LogP contribution in [0.1, 0.15) is 32.6 Å². The van der Waals surface area contributed by atoms with Crippen LogP contribution in [-0.2, 0) is 0 Å². The van der Waals surface area contributed by atoms with Crippen LogP contribution in [0.2, 0.25) is 0 Å². The number of nitro groups is 1. The molecule has 1 N–H and O–H groups in total. The summed E-state index contributed by atoms with van der Waals surface area (Å²) in [7, 11) is 0. The van der Waals surface area contributed by atoms with Gasteiger partial charge in [-0.2, -0.15) is 0 Å². The fourth-order valence-corrected chi connectivity index (χ4v) is 2.79. The van der Waals surface area contributed by atoms with Gasteiger partial charge in [-0.1, -0.05) is 13.3 Å². The third kappa shape index (κ3) is 4.39. The summed E-state index contributed by atoms with van der Waals surface area (Å²) in [5, 5.41) is 14.3. The normalized spacial score (nSPS) is 18.5. The molecule has 0 aliphatic carbocycles. The zero-order valence-electron chi connectivity index (χ0n) is 12.3. The van der Waals surface area contributed by atoms with Crippen LogP contribution in [0.25, 0.3) is 0 Å². The molecule has 1 heterocycles. The number of anilines is 1. The molecule has 6 heteroatoms. The topological polar surface area (TPSA) is 58.4 Å². The predicted octanol–water partition coefficient (Wildman–Crippen LogP) is 3.09. The van der Waals surface area contributed by atoms with Crippen LogP contribution in [0.15, 0.2) is 18.2 Å². The molecule has 0 spiro atoms. The minimum absolute atomic E-state index is 0.192. The Labute approximate surface area is 124 Å². The van der Waals surface area contributed by atoms with Gasteiger partial charge in [0.1, 0.15) is 5.82 Å². The number of hydrogen-bond donors (Lipinski definition) is 1. The first kappa shape index (κ1) is 15.7. The Bertz CT molecular complexity index is 490. The summed E-state index contributed by atoms with van der Waals surface area (Å²) in [5.41, 5.74) is 0.402. The Balaban J connectivity index is 2.18. The fourth-order valence-electron chi connectivity index (χ4n) is 2.79. The van der Waals surface area contributed by atoms with Gasteiger partial charge < -0.3 is 10.2 Å². The van der Waals surface area contributed by atoms with E-state index in [9.17, 15) is 14.5 Å². The van der Waals surface area contributed by atoms with Crippen LogP contribution in [0.3, 0.4) is 0 Å². The van der Waals surface area contributed by atoms with Gasteiger partial charge >= 0.3 is 0 Å². The molecule has 1 aliphatic rings. The third-order valence-corrected chi connectivity index (χ3v) is 3.79. The summed E-state index contributed by atoms with van der Waals surface area (Å²) in [4.78, 5) is 12.4. The lowest BCUT2D eigenvalue weighted by molar-refractivity contribution is -0.385. The van der Waals surface area contributed by atoms with Crippen molar-refractivity contribution in [1.29, 1.82) is 0 Å². The molecule has 0 saturated carbocycles. The highest BCUT2D eigenvalue weighted by atomic mass is 19.1. The van der Waals surface area contributed by atoms with E-state index in [1.807, 2.05) is 4.90 Å². The van der Waals surface area contributed by atoms with Gasteiger partial charge in [0, 0.05) is 30.9 Å². The smallest absolute Gasteiger partial charge is 0.274 e. The van der Waals surface area contributed by atoms with Crippen molar-refractivity contribution < 1.29 is 9.31 Å². The first-order valence-corrected chi connectivity index (χ1v) is 7.53. The van der Waals surface area contributed by atoms with Crippen molar-refractivity contribution in [3.8, 4) is 0 Å². The SMILES string of the molecule is CCCN(CC1CCCCN1)c1cc(F)cc([N+](=O)[O-])c1. The summed E-state index contributed by atoms with van der Waals surface area (Å²) in [5.74, 6) is -0.558. The molecule has 21 heavy (non-hydrogen) atoms. The second-order valence-corrected chi connectivity index (χ2v) is 5.52. The second kappa shape index (κ2) is 7.36. The van der Waals surface area contributed by atoms with E-state index < -0.39 is 10.7 Å². The van der Waals surface area contributed by atoms with Crippen LogP contribution >= 0.6 is 0 Å². The fraction of sp³-hybridized carbons (Fsp3) is 0.600. The van der Waals surface area contributed by atoms with Crippen LogP contribution in [0.5, 0.6) is 0 Å². The van der Waals surface area contributed by atoms with Crippen molar-refractivity contribution in [3.05, 3.63) is 34.1 Å². The third-order valence-electron chi connectivity index (χ3n) is 3.79. The number of piperidine rings is 1. The van der Waals surface area contributed by atoms with Gasteiger partial charge in [-0.15, -0.1) is 0 Å². The lowest BCUT2D eigenvalue weighted by Crippen LogP contribution is -2.44. The lowest BCUT2D eigenvalue weighted by atomic mass is 10.0. The van der Waals surface area contributed by atoms with Gasteiger partial charge in [0.25, 0.3) is 5.69 Å². The highest BCUT2D eigenvalue weighted by Crippen LogP contribution is 2.24. The maximum absolute atomic E-state index is 13.6. The minimum atomic E-state index is -0.558. The largest absolute Gasteiger partial charge is 0.370 e. The molecule has 1 aromatic rings. The monoisotopic (exact) mass is 295 g/mol. The van der Waals surface area contributed by atoms with Crippen molar-refractivity contribution in [2.24, 2.45) is 0 Å². The van der Waals surface area contributed by atoms with Gasteiger partial charge in [-0.3, -0.25) is 10.1 Å². The first-order chi connectivity index (χ1) is 10.1. The number of nitrogens with one attached hydrogen (secondary N) is 1. The molecule has 5 nitrogen and oxygen atoms in total. The molecule has 1 aromatic carbocycles. The van der Waals surface area contributed by atoms with Crippen LogP contribution < -0.4 is 10.2 Å². The Morgan fingerprint density at radius 1 is 1.43 bits per heavy atom. The van der Waals surface area contributed by atoms with E-state index in [0.29, 0.717) is 11.7 Å². The average molecular weight is 295 g/mol. The van der Waals surface area contributed by atoms with Crippen LogP contribution in [-0.4, -0.2) is 30.6 Å². The zero-order chi connectivity index (χ0) is 15.2. The molecule has 0 aromatic heterocycles. The number of rotatable bonds is 6. The molecule has 1 unspecified atom stereocenters. The summed E-state index contributed by atoms with van der Waals surface area (Å²) in [6.07, 6.45) is 4.39. The number of halogens is 1. The van der Waals surface area contributed by atoms with E-state index in [0.717, 1.165) is 38.5 Å². The second-order valence-electron chi connectivity index (χ2n) is 5.52. The number of nitrogens with zero attached hydrogens (tertiary/aromatic N) is 2. The van der Waals surface area contributed by atoms with E-state index in [1.165, 1.54) is 25.0 Å². The van der Waals surface area contributed by atoms with Gasteiger partial charge in [-0.05, 0) is 31.9 Å². The minimum Gasteiger partial charge on any atom is -0.370 e. The predicted molar refractivity (Wildman–Crippen MR) is 81.2 cm³/mol. The summed E-state index contributed by atoms with van der Waals surface area (Å²) >= 11 is 0. The van der Waals surface area contributed by atoms with Gasteiger partial charge in [-0.25, -0.2) is 4.39 Å². The molecule has 1 atom stereocenters. The van der Waals surface area contributed by atoms with Gasteiger partial charge in [0.05, 0.1) is 11.0 Å². The molecule has 1 aliphatic heterocycles. The lowest BCUT2D eigenvalue weighted by Gasteiger charge is -2.32. The quantitative estimate of drug-likeness (QED) is 0.647. The molecule has 2 rings (SSSR count). The highest BCUT2D eigenvalue weighted by molar-refractivity contribution is 5.53. The van der Waals surface area contributed by atoms with E-state index in [2.05, 4.69) is 12.2 Å². The number of non-ortho nitro benzene ring substituents is 1. The molecule has 0 amide bonds. The van der Waals surface area contributed by atoms with Crippen molar-refractivity contribution in [3.63, 3.8) is 0 Å². The summed E-state index contributed by atoms with van der Waals surface area (Å²) in [6.45, 7) is 4.58. The average Bonchev–Trinajstić information content (AvgIpc) is 2.47. The molecular weight excluding hydrogens is 273 g/mol. The maximum atomic E-state index is 13.6. The van der Waals surface area contributed by atoms with Gasteiger partial charge in [0.15, 0.2) is 0 Å². The van der Waals surface area contributed by atoms with E-state index in [4.69, 9.17) is 0 Å². The van der Waals surface area contributed by atoms with Crippen LogP contribution in [0, 0.1) is 15.9 Å². The Morgan fingerprint density at radius 3 is 2.86 bits per heavy atom. The molecule has 1 saturated heterocycles. The van der Waals surface area contributed by atoms with E-state index >= 15 is 0 Å². The summed E-state index contributed by atoms with van der Waals surface area (Å²) < 4.78 is 13.6. The Morgan fingerprint density at radius 2 is 2.24 bits per heavy atom. The zero-order valence-corrected chi connectivity index (χ0v) is 12.3. The van der Waals surface area contributed by atoms with Crippen LogP contribution in [0.4, 0.5) is 15.8 Å². The number of nitro benzene ring substituents is 1.